The van der Waals surface area contributed by atoms with Crippen LogP contribution in [-0.4, -0.2) is 71.9 Å². The summed E-state index contributed by atoms with van der Waals surface area (Å²) in [4.78, 5) is 43.5. The second kappa shape index (κ2) is 18.2. The minimum absolute atomic E-state index is 0.0539. The topological polar surface area (TPSA) is 144 Å². The lowest BCUT2D eigenvalue weighted by atomic mass is 10.2. The number of nitrogens with zero attached hydrogens (tertiary/aromatic N) is 2. The minimum Gasteiger partial charge on any atom is -0.482 e. The molecule has 1 aliphatic heterocycles. The van der Waals surface area contributed by atoms with Gasteiger partial charge in [-0.3, -0.25) is 13.9 Å². The molecule has 55 heavy (non-hydrogen) atoms. The lowest BCUT2D eigenvalue weighted by Gasteiger charge is -2.30. The van der Waals surface area contributed by atoms with Crippen LogP contribution in [0.15, 0.2) is 131 Å². The Morgan fingerprint density at radius 1 is 0.818 bits per heavy atom. The average Bonchev–Trinajstić information content (AvgIpc) is 3.18. The molecule has 1 saturated heterocycles. The van der Waals surface area contributed by atoms with Gasteiger partial charge in [0.2, 0.25) is 15.9 Å². The number of anilines is 4. The summed E-state index contributed by atoms with van der Waals surface area (Å²) in [5.74, 6) is -1.19. The maximum absolute atomic E-state index is 13.5. The normalized spacial score (nSPS) is 12.7. The Morgan fingerprint density at radius 3 is 2.29 bits per heavy atom. The van der Waals surface area contributed by atoms with Crippen molar-refractivity contribution in [1.29, 1.82) is 0 Å². The van der Waals surface area contributed by atoms with E-state index in [0.29, 0.717) is 54.1 Å². The first kappa shape index (κ1) is 39.2. The maximum atomic E-state index is 13.5. The van der Waals surface area contributed by atoms with E-state index in [1.54, 1.807) is 48.5 Å². The van der Waals surface area contributed by atoms with Gasteiger partial charge in [-0.05, 0) is 66.7 Å². The van der Waals surface area contributed by atoms with Gasteiger partial charge in [-0.15, -0.1) is 0 Å². The van der Waals surface area contributed by atoms with Crippen LogP contribution in [-0.2, 0) is 24.3 Å². The predicted molar refractivity (Wildman–Crippen MR) is 214 cm³/mol. The van der Waals surface area contributed by atoms with Crippen LogP contribution in [0.3, 0.4) is 0 Å². The molecule has 2 amide bonds. The number of morpholine rings is 1. The first-order valence-electron chi connectivity index (χ1n) is 17.1. The van der Waals surface area contributed by atoms with Gasteiger partial charge < -0.3 is 29.7 Å². The number of rotatable bonds is 14. The van der Waals surface area contributed by atoms with Crippen molar-refractivity contribution in [3.8, 4) is 11.5 Å². The van der Waals surface area contributed by atoms with E-state index in [4.69, 9.17) is 25.8 Å². The molecule has 0 bridgehead atoms. The lowest BCUT2D eigenvalue weighted by Crippen LogP contribution is -2.37. The Labute approximate surface area is 328 Å². The van der Waals surface area contributed by atoms with Crippen molar-refractivity contribution in [2.45, 2.75) is 9.79 Å². The summed E-state index contributed by atoms with van der Waals surface area (Å²) in [5, 5.41) is 6.07. The second-order valence-corrected chi connectivity index (χ2v) is 15.6. The van der Waals surface area contributed by atoms with Crippen LogP contribution in [0.25, 0.3) is 0 Å². The largest absolute Gasteiger partial charge is 0.482 e. The predicted octanol–water partition coefficient (Wildman–Crippen LogP) is 6.97. The molecular formula is C40H37ClN4O8S2. The molecule has 0 aliphatic carbocycles. The Kier molecular flexibility index (Phi) is 13.0. The number of benzene rings is 5. The Bertz CT molecular complexity index is 2270. The molecule has 0 saturated carbocycles. The van der Waals surface area contributed by atoms with Crippen molar-refractivity contribution >= 4 is 73.9 Å². The molecule has 0 atom stereocenters. The maximum Gasteiger partial charge on any atom is 0.343 e. The molecule has 1 fully saturated rings. The number of carbonyl (C=O) groups is 3. The zero-order valence-electron chi connectivity index (χ0n) is 29.6. The van der Waals surface area contributed by atoms with Crippen LogP contribution in [0.4, 0.5) is 22.7 Å². The van der Waals surface area contributed by atoms with E-state index in [-0.39, 0.29) is 23.6 Å². The number of para-hydroxylation sites is 2. The quantitative estimate of drug-likeness (QED) is 0.0893. The first-order valence-corrected chi connectivity index (χ1v) is 20.1. The number of hydrogen-bond acceptors (Lipinski definition) is 10. The SMILES string of the molecule is CS(=O)(=O)N(CC(=O)Nc1ccccc1Sc1ccccc1)c1cccc(C(=O)Oc2ccc(NC(=O)COc3ccccc3Cl)c(N3CCOCC3)c2)c1. The lowest BCUT2D eigenvalue weighted by molar-refractivity contribution is -0.118. The van der Waals surface area contributed by atoms with Gasteiger partial charge in [0.15, 0.2) is 6.61 Å². The van der Waals surface area contributed by atoms with E-state index >= 15 is 0 Å². The monoisotopic (exact) mass is 800 g/mol. The smallest absolute Gasteiger partial charge is 0.343 e. The summed E-state index contributed by atoms with van der Waals surface area (Å²) < 4.78 is 43.8. The van der Waals surface area contributed by atoms with Crippen molar-refractivity contribution in [3.05, 3.63) is 132 Å². The molecule has 6 rings (SSSR count). The summed E-state index contributed by atoms with van der Waals surface area (Å²) >= 11 is 7.61. The first-order chi connectivity index (χ1) is 26.5. The number of carbonyl (C=O) groups excluding carboxylic acids is 3. The minimum atomic E-state index is -3.97. The van der Waals surface area contributed by atoms with Crippen molar-refractivity contribution in [2.75, 3.05) is 65.5 Å². The van der Waals surface area contributed by atoms with E-state index in [1.165, 1.54) is 42.1 Å². The molecule has 5 aromatic rings. The number of hydrogen-bond donors (Lipinski definition) is 2. The summed E-state index contributed by atoms with van der Waals surface area (Å²) in [6.45, 7) is 1.17. The molecule has 15 heteroatoms. The highest BCUT2D eigenvalue weighted by molar-refractivity contribution is 7.99. The standard InChI is InChI=1S/C40H37ClN4O8S2/c1-55(49,50)45(26-38(46)43-34-15-6-8-17-37(34)54-31-12-3-2-4-13-31)29-11-9-10-28(24-29)40(48)53-30-18-19-33(35(25-30)44-20-22-51-23-21-44)42-39(47)27-52-36-16-7-5-14-32(36)41/h2-19,24-25H,20-23,26-27H2,1H3,(H,42,47)(H,43,46). The van der Waals surface area contributed by atoms with E-state index in [2.05, 4.69) is 10.6 Å². The van der Waals surface area contributed by atoms with Crippen LogP contribution >= 0.6 is 23.4 Å². The van der Waals surface area contributed by atoms with Gasteiger partial charge in [0.05, 0.1) is 52.8 Å². The molecule has 1 heterocycles. The fourth-order valence-electron chi connectivity index (χ4n) is 5.59. The zero-order chi connectivity index (χ0) is 38.8. The van der Waals surface area contributed by atoms with E-state index < -0.39 is 34.4 Å². The highest BCUT2D eigenvalue weighted by Gasteiger charge is 2.24. The number of amides is 2. The van der Waals surface area contributed by atoms with Gasteiger partial charge in [-0.2, -0.15) is 0 Å². The number of halogens is 1. The van der Waals surface area contributed by atoms with Crippen LogP contribution in [0.2, 0.25) is 5.02 Å². The molecule has 0 radical (unpaired) electrons. The molecule has 284 valence electrons. The van der Waals surface area contributed by atoms with E-state index in [0.717, 1.165) is 20.4 Å². The number of esters is 1. The van der Waals surface area contributed by atoms with E-state index in [1.807, 2.05) is 47.4 Å². The fraction of sp³-hybridized carbons (Fsp3) is 0.175. The fourth-order valence-corrected chi connectivity index (χ4v) is 7.55. The highest BCUT2D eigenvalue weighted by Crippen LogP contribution is 2.34. The third kappa shape index (κ3) is 10.8. The van der Waals surface area contributed by atoms with Gasteiger partial charge in [0.25, 0.3) is 5.91 Å². The Balaban J connectivity index is 1.16. The molecule has 0 spiro atoms. The molecule has 2 N–H and O–H groups in total. The van der Waals surface area contributed by atoms with Gasteiger partial charge in [-0.25, -0.2) is 13.2 Å². The number of ether oxygens (including phenoxy) is 3. The Morgan fingerprint density at radius 2 is 1.53 bits per heavy atom. The average molecular weight is 801 g/mol. The van der Waals surface area contributed by atoms with Crippen LogP contribution < -0.4 is 29.3 Å². The summed E-state index contributed by atoms with van der Waals surface area (Å²) in [6, 6.07) is 34.4. The van der Waals surface area contributed by atoms with Crippen LogP contribution in [0.1, 0.15) is 10.4 Å². The highest BCUT2D eigenvalue weighted by atomic mass is 35.5. The summed E-state index contributed by atoms with van der Waals surface area (Å²) in [5.41, 5.74) is 1.76. The number of nitrogens with one attached hydrogen (secondary N) is 2. The van der Waals surface area contributed by atoms with Crippen molar-refractivity contribution in [1.82, 2.24) is 0 Å². The summed E-state index contributed by atoms with van der Waals surface area (Å²) in [6.07, 6.45) is 0.987. The van der Waals surface area contributed by atoms with Crippen molar-refractivity contribution in [2.24, 2.45) is 0 Å². The molecule has 0 unspecified atom stereocenters. The van der Waals surface area contributed by atoms with Crippen molar-refractivity contribution < 1.29 is 37.0 Å². The molecule has 0 aromatic heterocycles. The van der Waals surface area contributed by atoms with Gasteiger partial charge in [-0.1, -0.05) is 71.9 Å². The summed E-state index contributed by atoms with van der Waals surface area (Å²) in [7, 11) is -3.97. The Hall–Kier alpha value is -5.54. The second-order valence-electron chi connectivity index (χ2n) is 12.2. The zero-order valence-corrected chi connectivity index (χ0v) is 32.0. The van der Waals surface area contributed by atoms with Crippen LogP contribution in [0, 0.1) is 0 Å². The third-order valence-corrected chi connectivity index (χ3v) is 10.7. The van der Waals surface area contributed by atoms with E-state index in [9.17, 15) is 22.8 Å². The molecule has 1 aliphatic rings. The van der Waals surface area contributed by atoms with Crippen LogP contribution in [0.5, 0.6) is 11.5 Å². The number of sulfonamides is 1. The van der Waals surface area contributed by atoms with Gasteiger partial charge >= 0.3 is 5.97 Å². The van der Waals surface area contributed by atoms with Crippen molar-refractivity contribution in [3.63, 3.8) is 0 Å². The third-order valence-electron chi connectivity index (χ3n) is 8.19. The van der Waals surface area contributed by atoms with Gasteiger partial charge in [0.1, 0.15) is 18.0 Å². The molecular weight excluding hydrogens is 764 g/mol. The van der Waals surface area contributed by atoms with Gasteiger partial charge in [0, 0.05) is 28.9 Å². The molecule has 12 nitrogen and oxygen atoms in total. The molecule has 5 aromatic carbocycles.